The van der Waals surface area contributed by atoms with E-state index in [4.69, 9.17) is 9.84 Å². The smallest absolute Gasteiger partial charge is 0.407 e. The van der Waals surface area contributed by atoms with Gasteiger partial charge in [0.15, 0.2) is 0 Å². The van der Waals surface area contributed by atoms with Gasteiger partial charge in [-0.2, -0.15) is 0 Å². The van der Waals surface area contributed by atoms with Crippen molar-refractivity contribution in [2.75, 3.05) is 26.7 Å². The Morgan fingerprint density at radius 3 is 2.89 bits per heavy atom. The summed E-state index contributed by atoms with van der Waals surface area (Å²) in [5.74, 6) is 0.941. The minimum Gasteiger partial charge on any atom is -0.496 e. The number of carboxylic acid groups (broad SMARTS) is 1. The van der Waals surface area contributed by atoms with Gasteiger partial charge in [0, 0.05) is 37.8 Å². The summed E-state index contributed by atoms with van der Waals surface area (Å²) in [6.45, 7) is 3.11. The summed E-state index contributed by atoms with van der Waals surface area (Å²) in [7, 11) is 1.70. The summed E-state index contributed by atoms with van der Waals surface area (Å²) in [5, 5.41) is 8.88. The number of rotatable bonds is 2. The van der Waals surface area contributed by atoms with Gasteiger partial charge in [-0.1, -0.05) is 12.1 Å². The van der Waals surface area contributed by atoms with Gasteiger partial charge in [0.1, 0.15) is 5.75 Å². The zero-order chi connectivity index (χ0) is 13.4. The minimum atomic E-state index is -0.814. The quantitative estimate of drug-likeness (QED) is 0.875. The van der Waals surface area contributed by atoms with E-state index < -0.39 is 6.09 Å². The van der Waals surface area contributed by atoms with Crippen LogP contribution in [-0.2, 0) is 13.0 Å². The minimum absolute atomic E-state index is 0.356. The van der Waals surface area contributed by atoms with Crippen molar-refractivity contribution in [2.24, 2.45) is 0 Å². The van der Waals surface area contributed by atoms with Gasteiger partial charge in [-0.15, -0.1) is 0 Å². The Bertz CT molecular complexity index is 483. The second-order valence-corrected chi connectivity index (χ2v) is 5.16. The molecule has 3 rings (SSSR count). The van der Waals surface area contributed by atoms with Gasteiger partial charge in [-0.3, -0.25) is 4.90 Å². The van der Waals surface area contributed by atoms with E-state index in [1.54, 1.807) is 7.11 Å². The summed E-state index contributed by atoms with van der Waals surface area (Å²) in [4.78, 5) is 14.6. The molecule has 1 amide bonds. The molecule has 102 valence electrons. The average molecular weight is 262 g/mol. The van der Waals surface area contributed by atoms with E-state index in [2.05, 4.69) is 11.0 Å². The summed E-state index contributed by atoms with van der Waals surface area (Å²) in [5.41, 5.74) is 2.61. The topological polar surface area (TPSA) is 53.0 Å². The molecule has 1 saturated heterocycles. The van der Waals surface area contributed by atoms with Crippen LogP contribution in [0.1, 0.15) is 11.1 Å². The molecule has 0 unspecified atom stereocenters. The first-order valence-corrected chi connectivity index (χ1v) is 6.55. The Kier molecular flexibility index (Phi) is 3.06. The molecule has 19 heavy (non-hydrogen) atoms. The van der Waals surface area contributed by atoms with Crippen LogP contribution in [0.2, 0.25) is 0 Å². The monoisotopic (exact) mass is 262 g/mol. The standard InChI is InChI=1S/C14H18N2O3/c1-19-13-4-2-3-10-5-6-15(9-12(10)13)11-7-16(8-11)14(17)18/h2-4,11H,5-9H2,1H3,(H,17,18). The van der Waals surface area contributed by atoms with Gasteiger partial charge < -0.3 is 14.7 Å². The highest BCUT2D eigenvalue weighted by Crippen LogP contribution is 2.30. The molecule has 0 saturated carbocycles. The van der Waals surface area contributed by atoms with Crippen molar-refractivity contribution in [3.8, 4) is 5.75 Å². The van der Waals surface area contributed by atoms with Crippen molar-refractivity contribution < 1.29 is 14.6 Å². The predicted octanol–water partition coefficient (Wildman–Crippen LogP) is 1.42. The molecule has 0 radical (unpaired) electrons. The van der Waals surface area contributed by atoms with Gasteiger partial charge in [0.05, 0.1) is 7.11 Å². The molecule has 2 heterocycles. The molecule has 2 aliphatic rings. The number of methoxy groups -OCH3 is 1. The van der Waals surface area contributed by atoms with Gasteiger partial charge in [-0.25, -0.2) is 4.79 Å². The molecule has 5 heteroatoms. The molecule has 1 aromatic rings. The molecule has 2 aliphatic heterocycles. The normalized spacial score (nSPS) is 19.7. The van der Waals surface area contributed by atoms with E-state index in [0.717, 1.165) is 25.3 Å². The first-order chi connectivity index (χ1) is 9.19. The van der Waals surface area contributed by atoms with Gasteiger partial charge in [0.2, 0.25) is 0 Å². The molecule has 0 bridgehead atoms. The highest BCUT2D eigenvalue weighted by molar-refractivity contribution is 5.66. The summed E-state index contributed by atoms with van der Waals surface area (Å²) in [6, 6.07) is 6.53. The van der Waals surface area contributed by atoms with Crippen LogP contribution in [0, 0.1) is 0 Å². The maximum atomic E-state index is 10.8. The molecule has 5 nitrogen and oxygen atoms in total. The molecular formula is C14H18N2O3. The van der Waals surface area contributed by atoms with Crippen molar-refractivity contribution in [1.29, 1.82) is 0 Å². The summed E-state index contributed by atoms with van der Waals surface area (Å²) < 4.78 is 5.42. The molecule has 1 aromatic carbocycles. The van der Waals surface area contributed by atoms with Crippen LogP contribution in [0.3, 0.4) is 0 Å². The second-order valence-electron chi connectivity index (χ2n) is 5.16. The van der Waals surface area contributed by atoms with E-state index >= 15 is 0 Å². The first kappa shape index (κ1) is 12.3. The Morgan fingerprint density at radius 1 is 1.42 bits per heavy atom. The van der Waals surface area contributed by atoms with Gasteiger partial charge in [0.25, 0.3) is 0 Å². The van der Waals surface area contributed by atoms with Crippen LogP contribution in [0.4, 0.5) is 4.79 Å². The SMILES string of the molecule is COc1cccc2c1CN(C1CN(C(=O)O)C1)CC2. The van der Waals surface area contributed by atoms with Crippen molar-refractivity contribution in [2.45, 2.75) is 19.0 Å². The Hall–Kier alpha value is -1.75. The van der Waals surface area contributed by atoms with E-state index in [0.29, 0.717) is 19.1 Å². The molecule has 1 fully saturated rings. The van der Waals surface area contributed by atoms with Gasteiger partial charge in [-0.05, 0) is 18.1 Å². The average Bonchev–Trinajstić information content (AvgIpc) is 2.35. The van der Waals surface area contributed by atoms with Crippen LogP contribution in [0.15, 0.2) is 18.2 Å². The third kappa shape index (κ3) is 2.14. The Balaban J connectivity index is 1.71. The lowest BCUT2D eigenvalue weighted by molar-refractivity contribution is 0.0297. The third-order valence-electron chi connectivity index (χ3n) is 4.13. The maximum absolute atomic E-state index is 10.8. The zero-order valence-corrected chi connectivity index (χ0v) is 11.0. The van der Waals surface area contributed by atoms with Crippen LogP contribution in [0.5, 0.6) is 5.75 Å². The van der Waals surface area contributed by atoms with Crippen molar-refractivity contribution in [3.63, 3.8) is 0 Å². The third-order valence-corrected chi connectivity index (χ3v) is 4.13. The summed E-state index contributed by atoms with van der Waals surface area (Å²) >= 11 is 0. The number of hydrogen-bond acceptors (Lipinski definition) is 3. The lowest BCUT2D eigenvalue weighted by Gasteiger charge is -2.45. The van der Waals surface area contributed by atoms with Gasteiger partial charge >= 0.3 is 6.09 Å². The Morgan fingerprint density at radius 2 is 2.21 bits per heavy atom. The lowest BCUT2D eigenvalue weighted by Crippen LogP contribution is -2.61. The number of benzene rings is 1. The number of hydrogen-bond donors (Lipinski definition) is 1. The Labute approximate surface area is 112 Å². The number of carbonyl (C=O) groups is 1. The number of likely N-dealkylation sites (tertiary alicyclic amines) is 1. The highest BCUT2D eigenvalue weighted by Gasteiger charge is 2.36. The molecule has 0 aromatic heterocycles. The molecule has 0 atom stereocenters. The number of amides is 1. The van der Waals surface area contributed by atoms with Crippen LogP contribution in [0.25, 0.3) is 0 Å². The van der Waals surface area contributed by atoms with Crippen molar-refractivity contribution in [3.05, 3.63) is 29.3 Å². The molecule has 0 aliphatic carbocycles. The maximum Gasteiger partial charge on any atom is 0.407 e. The fourth-order valence-corrected chi connectivity index (χ4v) is 2.92. The fourth-order valence-electron chi connectivity index (χ4n) is 2.92. The fraction of sp³-hybridized carbons (Fsp3) is 0.500. The second kappa shape index (κ2) is 4.74. The first-order valence-electron chi connectivity index (χ1n) is 6.55. The number of fused-ring (bicyclic) bond motifs is 1. The van der Waals surface area contributed by atoms with E-state index in [-0.39, 0.29) is 0 Å². The number of nitrogens with zero attached hydrogens (tertiary/aromatic N) is 2. The predicted molar refractivity (Wildman–Crippen MR) is 70.5 cm³/mol. The lowest BCUT2D eigenvalue weighted by atomic mass is 9.96. The van der Waals surface area contributed by atoms with Crippen LogP contribution >= 0.6 is 0 Å². The van der Waals surface area contributed by atoms with Crippen molar-refractivity contribution in [1.82, 2.24) is 9.80 Å². The van der Waals surface area contributed by atoms with E-state index in [1.807, 2.05) is 12.1 Å². The number of ether oxygens (including phenoxy) is 1. The van der Waals surface area contributed by atoms with E-state index in [9.17, 15) is 4.79 Å². The summed E-state index contributed by atoms with van der Waals surface area (Å²) in [6.07, 6.45) is 0.196. The van der Waals surface area contributed by atoms with Crippen molar-refractivity contribution >= 4 is 6.09 Å². The van der Waals surface area contributed by atoms with Crippen LogP contribution < -0.4 is 4.74 Å². The molecule has 1 N–H and O–H groups in total. The largest absolute Gasteiger partial charge is 0.496 e. The highest BCUT2D eigenvalue weighted by atomic mass is 16.5. The van der Waals surface area contributed by atoms with E-state index in [1.165, 1.54) is 16.0 Å². The molecule has 0 spiro atoms. The molecular weight excluding hydrogens is 244 g/mol. The zero-order valence-electron chi connectivity index (χ0n) is 11.0. The van der Waals surface area contributed by atoms with Crippen LogP contribution in [-0.4, -0.2) is 53.8 Å².